The van der Waals surface area contributed by atoms with Gasteiger partial charge in [-0.05, 0) is 169 Å². The zero-order chi connectivity index (χ0) is 109. The van der Waals surface area contributed by atoms with Gasteiger partial charge in [-0.1, -0.05) is 45.0 Å². The van der Waals surface area contributed by atoms with Crippen molar-refractivity contribution in [3.8, 4) is 11.5 Å². The van der Waals surface area contributed by atoms with Gasteiger partial charge in [-0.3, -0.25) is 97.5 Å². The fourth-order valence-corrected chi connectivity index (χ4v) is 18.2. The van der Waals surface area contributed by atoms with E-state index < -0.39 is 240 Å². The molecule has 0 radical (unpaired) electrons. The number of nitrogens with two attached hydrogens (primary N) is 2. The van der Waals surface area contributed by atoms with E-state index in [-0.39, 0.29) is 258 Å². The first-order valence-corrected chi connectivity index (χ1v) is 50.2. The molecule has 2 aromatic carbocycles. The minimum absolute atomic E-state index is 0. The van der Waals surface area contributed by atoms with Crippen molar-refractivity contribution in [3.63, 3.8) is 0 Å². The largest absolute Gasteiger partial charge is 2.00 e. The summed E-state index contributed by atoms with van der Waals surface area (Å²) in [5, 5.41) is 100. The monoisotopic (exact) mass is 2220 g/mol. The number of carboxylic acids is 2. The van der Waals surface area contributed by atoms with Gasteiger partial charge in [0, 0.05) is 159 Å². The van der Waals surface area contributed by atoms with Crippen LogP contribution in [0.5, 0.6) is 11.5 Å². The maximum Gasteiger partial charge on any atom is 2.00 e. The number of esters is 1. The number of rotatable bonds is 43. The van der Waals surface area contributed by atoms with E-state index in [0.717, 1.165) is 7.11 Å². The maximum absolute atomic E-state index is 15.5. The number of benzene rings is 2. The Morgan fingerprint density at radius 2 is 0.900 bits per heavy atom. The summed E-state index contributed by atoms with van der Waals surface area (Å²) in [6.07, 6.45) is -4.83. The van der Waals surface area contributed by atoms with Crippen LogP contribution in [0.4, 0.5) is 0 Å². The zero-order valence-corrected chi connectivity index (χ0v) is 89.8. The van der Waals surface area contributed by atoms with Gasteiger partial charge in [0.25, 0.3) is 5.91 Å². The van der Waals surface area contributed by atoms with Crippen LogP contribution in [0.3, 0.4) is 0 Å². The number of nitrogens with zero attached hydrogens (tertiary/aromatic N) is 2. The molecule has 8 bridgehead atoms. The summed E-state index contributed by atoms with van der Waals surface area (Å²) in [7, 11) is -3.76. The van der Waals surface area contributed by atoms with Crippen LogP contribution in [0, 0.1) is 24.7 Å². The summed E-state index contributed by atoms with van der Waals surface area (Å²) in [5.41, 5.74) is 15.4. The Morgan fingerprint density at radius 3 is 1.34 bits per heavy atom. The summed E-state index contributed by atoms with van der Waals surface area (Å²) < 4.78 is 41.3. The first-order chi connectivity index (χ1) is 70.2. The number of methoxy groups -OCH3 is 1. The van der Waals surface area contributed by atoms with Crippen LogP contribution in [0.15, 0.2) is 66.7 Å². The van der Waals surface area contributed by atoms with Gasteiger partial charge in [0.1, 0.15) is 59.8 Å². The van der Waals surface area contributed by atoms with Crippen LogP contribution in [-0.2, 0) is 131 Å². The normalized spacial score (nSPS) is 20.2. The van der Waals surface area contributed by atoms with Crippen LogP contribution >= 0.6 is 0 Å². The number of aliphatic carboxylic acids is 2. The van der Waals surface area contributed by atoms with Crippen molar-refractivity contribution in [2.75, 3.05) is 58.7 Å². The fourth-order valence-electron chi connectivity index (χ4n) is 17.8. The molecule has 150 heavy (non-hydrogen) atoms. The number of carbonyl (C=O) groups excluding carboxylic acids is 18. The number of Topliss-reactive ketones (excluding diaryl/α,β-unsaturated/α-hetero) is 1. The number of aromatic nitrogens is 4. The van der Waals surface area contributed by atoms with Crippen molar-refractivity contribution in [1.29, 1.82) is 10.8 Å². The molecule has 0 unspecified atom stereocenters. The number of amides is 14. The number of aromatic amines is 2. The predicted molar refractivity (Wildman–Crippen MR) is 527 cm³/mol. The number of carboxylic acid groups (broad SMARTS) is 2. The van der Waals surface area contributed by atoms with E-state index in [0.29, 0.717) is 62.3 Å². The maximum atomic E-state index is 15.5. The van der Waals surface area contributed by atoms with E-state index in [1.54, 1.807) is 39.0 Å². The molecule has 53 heteroatoms. The second-order valence-corrected chi connectivity index (χ2v) is 38.3. The number of phenols is 2. The summed E-state index contributed by atoms with van der Waals surface area (Å²) in [6, 6.07) is 2.12. The summed E-state index contributed by atoms with van der Waals surface area (Å²) in [5.74, 6) is -22.1. The van der Waals surface area contributed by atoms with Crippen molar-refractivity contribution in [2.45, 2.75) is 254 Å². The summed E-state index contributed by atoms with van der Waals surface area (Å²) in [4.78, 5) is 269. The van der Waals surface area contributed by atoms with Gasteiger partial charge in [-0.15, -0.1) is 0 Å². The van der Waals surface area contributed by atoms with Crippen molar-refractivity contribution >= 4 is 150 Å². The molecule has 26 N–H and O–H groups in total. The molecule has 0 aliphatic carbocycles. The van der Waals surface area contributed by atoms with Crippen molar-refractivity contribution in [3.05, 3.63) is 128 Å². The van der Waals surface area contributed by atoms with Crippen molar-refractivity contribution in [1.82, 2.24) is 105 Å². The topological polar surface area (TPSA) is 810 Å². The smallest absolute Gasteiger partial charge is 0.748 e. The Bertz CT molecular complexity index is 5910. The molecule has 0 saturated carbocycles. The van der Waals surface area contributed by atoms with Crippen LogP contribution < -0.4 is 158 Å². The number of ketones is 1. The number of ether oxygens (including phenoxy) is 1. The Kier molecular flexibility index (Phi) is 48.8. The number of phenolic OH excluding ortho intramolecular Hbond substituents is 2. The molecule has 14 amide bonds. The first-order valence-electron chi connectivity index (χ1n) is 48.6. The summed E-state index contributed by atoms with van der Waals surface area (Å²) in [6.45, 7) is 7.99. The third-order valence-electron chi connectivity index (χ3n) is 25.8. The number of nitrogens with one attached hydrogen (secondary N) is 20. The molecule has 4 aliphatic heterocycles. The number of fused-ring (bicyclic) bond motifs is 8. The minimum atomic E-state index is -4.88. The standard InChI is InChI=1S/C97H132N24O26S.K.Pd/c1-8-58-48(2)65-43-70-83(52(6)122)50(4)67(111-70)41-66-49(3)59(85(114-66)60(40-82(134)147-7)86-84(95(143)104-35-36-148(144,145)146)51(5)68(115-86)42-69(58)110-65)39-77(127)109-55(23-29-75(125)102-31-11-9-15-63-89(137)116-61(17-13-33-105-96(98)99)87(135)107-46-78(128)112-73(44-80(130)131)93(141)120-71(91(139)118-63)37-53-19-25-56(123)26-20-53)24-30-76(126)103-32-12-10-16-64-90(138)117-62(18-14-34-106-97(100)101)88(136)108-47-79(129)113-74(45-81(132)133)94(142)121-72(92(140)119-64)38-54-21-27-57(124)28-22-54;;/h19-22,25-28,41-43,48-49,55,58-59,61-64,71-74,111,115,123-124H,8-18,23-24,29-40,44-47H2,1-7H3,(H,102,125)(H,103,126)(H,104,143)(H,107,135)(H,108,136)(H,109,127)(H,112,128)(H,113,129)(H,116,137)(H,117,138)(H,118,139)(H,119,140)(H,120,141)(H,121,142)(H,130,131)(H,132,133)(H4,98,99,105)(H4,100,101,106)(H,144,145,146);;/q;+1;+2/p-3/t48-,49+,58-,59+,61+,62+,63+,64+,71-,72-,73+,74+;;/m1../s1. The SMILES string of the molecule is CC[C@H]1c2cc3[nH]c(c(CC(=O)OC)c4nc(cc5[nH]c(cc(n2)[C@@H]1C)c(C(C)=O)c5C)[C@@H](C)[C@@H]4CC(=O)NC(CCC(=O)NCCCC[C@@H]1NC(=O)[C@@H](Cc2ccc(O)cc2)NC(=O)[C@H](CC(=O)[O-])NC(=O)CNC(=O)[C@H](CCCNC(=N)N)NC1=O)CCC(=O)NCCCC[C@@H]1NC(=O)[C@@H](Cc2ccc(O)cc2)NC(=O)[C@H](CC(=O)[O-])NC(=O)CNC(=O)[C@H](CCCNC(=N)N)NC1=O)c(C(=O)NCCS(=O)(=O)[O-])c3C.[K+].[Pd+2]. The van der Waals surface area contributed by atoms with Gasteiger partial charge in [0.05, 0.1) is 64.8 Å². The molecule has 7 heterocycles. The number of hydrogen-bond acceptors (Lipinski definition) is 30. The first kappa shape index (κ1) is 123. The van der Waals surface area contributed by atoms with Gasteiger partial charge < -0.3 is 146 Å². The zero-order valence-electron chi connectivity index (χ0n) is 84.3. The Morgan fingerprint density at radius 1 is 0.500 bits per heavy atom. The number of H-pyrrole nitrogens is 2. The predicted octanol–water partition coefficient (Wildman–Crippen LogP) is -6.84. The molecule has 5 aromatic rings. The molecule has 3 aromatic heterocycles. The molecule has 12 atom stereocenters. The van der Waals surface area contributed by atoms with Gasteiger partial charge in [-0.25, -0.2) is 8.42 Å². The number of unbranched alkanes of at least 4 members (excludes halogenated alkanes) is 2. The van der Waals surface area contributed by atoms with E-state index in [2.05, 4.69) is 95.0 Å². The van der Waals surface area contributed by atoms with Crippen LogP contribution in [0.25, 0.3) is 22.1 Å². The molecule has 0 spiro atoms. The van der Waals surface area contributed by atoms with E-state index in [1.807, 2.05) is 13.8 Å². The molecule has 2 fully saturated rings. The number of aryl methyl sites for hydroxylation is 2. The molecule has 4 aliphatic rings. The van der Waals surface area contributed by atoms with Gasteiger partial charge in [0.15, 0.2) is 17.7 Å². The number of carbonyl (C=O) groups is 18. The molecule has 2 saturated heterocycles. The average molecular weight is 2220 g/mol. The van der Waals surface area contributed by atoms with E-state index in [1.165, 1.54) is 55.5 Å². The second kappa shape index (κ2) is 59.2. The van der Waals surface area contributed by atoms with Crippen molar-refractivity contribution < 1.29 is 196 Å². The van der Waals surface area contributed by atoms with Gasteiger partial charge >= 0.3 is 77.8 Å². The Hall–Kier alpha value is -13.4. The summed E-state index contributed by atoms with van der Waals surface area (Å²) >= 11 is 0. The average Bonchev–Trinajstić information content (AvgIpc) is 1.60. The molecule has 9 rings (SSSR count). The molecule has 50 nitrogen and oxygen atoms in total. The van der Waals surface area contributed by atoms with E-state index >= 15 is 4.79 Å². The van der Waals surface area contributed by atoms with Gasteiger partial charge in [0.2, 0.25) is 76.8 Å². The third-order valence-corrected chi connectivity index (χ3v) is 26.5. The Balaban J connectivity index is 0.0000152. The number of hydrogen-bond donors (Lipinski definition) is 24. The molecular weight excluding hydrogens is 2090 g/mol. The van der Waals surface area contributed by atoms with Gasteiger partial charge in [-0.2, -0.15) is 0 Å². The fraction of sp³-hybridized carbons (Fsp3) is 0.505. The van der Waals surface area contributed by atoms with Crippen molar-refractivity contribution in [2.24, 2.45) is 11.5 Å². The number of guanidine groups is 2. The van der Waals surface area contributed by atoms with Crippen LogP contribution in [0.2, 0.25) is 0 Å². The van der Waals surface area contributed by atoms with Crippen LogP contribution in [-0.4, -0.2) is 274 Å². The van der Waals surface area contributed by atoms with E-state index in [9.17, 15) is 115 Å². The second-order valence-electron chi connectivity index (χ2n) is 36.8. The number of aromatic hydroxyl groups is 2. The van der Waals surface area contributed by atoms with E-state index in [4.69, 9.17) is 37.0 Å². The Labute approximate surface area is 919 Å². The molecule has 810 valence electrons. The molecular formula is C97H129KN24O26PdS. The quantitative estimate of drug-likeness (QED) is 0.00328. The third kappa shape index (κ3) is 37.9. The van der Waals surface area contributed by atoms with Crippen LogP contribution in [0.1, 0.15) is 238 Å². The minimum Gasteiger partial charge on any atom is -0.748 e.